The first-order valence-corrected chi connectivity index (χ1v) is 10.2. The summed E-state index contributed by atoms with van der Waals surface area (Å²) in [6.07, 6.45) is 2.40. The molecule has 8 atom stereocenters. The Labute approximate surface area is 168 Å². The molecule has 0 aromatic carbocycles. The van der Waals surface area contributed by atoms with E-state index in [1.807, 2.05) is 0 Å². The molecule has 0 heterocycles. The van der Waals surface area contributed by atoms with Crippen LogP contribution in [0.2, 0.25) is 0 Å². The molecule has 0 saturated heterocycles. The Morgan fingerprint density at radius 1 is 1.36 bits per heavy atom. The van der Waals surface area contributed by atoms with Gasteiger partial charge in [-0.25, -0.2) is 4.39 Å². The van der Waals surface area contributed by atoms with Crippen molar-refractivity contribution in [1.29, 1.82) is 0 Å². The van der Waals surface area contributed by atoms with Crippen LogP contribution < -0.4 is 0 Å². The van der Waals surface area contributed by atoms with E-state index in [-0.39, 0.29) is 36.5 Å². The number of aliphatic hydroxyl groups is 3. The van der Waals surface area contributed by atoms with Gasteiger partial charge in [0.15, 0.2) is 11.6 Å². The first-order valence-electron chi connectivity index (χ1n) is 9.78. The van der Waals surface area contributed by atoms with Gasteiger partial charge in [0, 0.05) is 10.8 Å². The molecular weight excluding hydrogens is 387 g/mol. The number of alkyl halides is 2. The predicted octanol–water partition coefficient (Wildman–Crippen LogP) is 1.87. The van der Waals surface area contributed by atoms with Crippen LogP contribution >= 0.6 is 11.6 Å². The third-order valence-corrected chi connectivity index (χ3v) is 9.31. The van der Waals surface area contributed by atoms with Gasteiger partial charge in [0.2, 0.25) is 0 Å². The quantitative estimate of drug-likeness (QED) is 0.602. The molecular formula is C21H26ClFO5. The van der Waals surface area contributed by atoms with E-state index < -0.39 is 51.9 Å². The van der Waals surface area contributed by atoms with E-state index >= 15 is 4.39 Å². The molecule has 0 spiro atoms. The van der Waals surface area contributed by atoms with Crippen molar-refractivity contribution in [1.82, 2.24) is 0 Å². The average Bonchev–Trinajstić information content (AvgIpc) is 2.91. The molecule has 4 rings (SSSR count). The molecule has 0 aromatic heterocycles. The van der Waals surface area contributed by atoms with Gasteiger partial charge in [0.25, 0.3) is 0 Å². The Hall–Kier alpha value is -1.08. The zero-order valence-electron chi connectivity index (χ0n) is 16.0. The minimum Gasteiger partial charge on any atom is -0.391 e. The summed E-state index contributed by atoms with van der Waals surface area (Å²) >= 11 is 7.15. The molecule has 1 unspecified atom stereocenters. The summed E-state index contributed by atoms with van der Waals surface area (Å²) in [4.78, 5) is 23.0. The number of allylic oxidation sites excluding steroid dienone is 4. The number of hydrogen-bond acceptors (Lipinski definition) is 5. The van der Waals surface area contributed by atoms with Crippen LogP contribution in [0, 0.1) is 22.7 Å². The lowest BCUT2D eigenvalue weighted by Gasteiger charge is -2.64. The minimum absolute atomic E-state index is 0.0206. The molecule has 3 fully saturated rings. The molecule has 0 aromatic rings. The summed E-state index contributed by atoms with van der Waals surface area (Å²) in [5.74, 6) is -1.77. The second kappa shape index (κ2) is 5.97. The van der Waals surface area contributed by atoms with Gasteiger partial charge < -0.3 is 15.3 Å². The van der Waals surface area contributed by atoms with Crippen molar-refractivity contribution in [3.63, 3.8) is 0 Å². The summed E-state index contributed by atoms with van der Waals surface area (Å²) in [5, 5.41) is 31.8. The van der Waals surface area contributed by atoms with Crippen LogP contribution in [-0.2, 0) is 9.59 Å². The van der Waals surface area contributed by atoms with E-state index in [1.165, 1.54) is 12.2 Å². The summed E-state index contributed by atoms with van der Waals surface area (Å²) in [7, 11) is 0. The van der Waals surface area contributed by atoms with Crippen molar-refractivity contribution < 1.29 is 29.3 Å². The number of aliphatic hydroxyl groups excluding tert-OH is 2. The van der Waals surface area contributed by atoms with Gasteiger partial charge in [-0.2, -0.15) is 0 Å². The van der Waals surface area contributed by atoms with Gasteiger partial charge in [-0.15, -0.1) is 11.6 Å². The number of ketones is 2. The number of carbonyl (C=O) groups is 2. The Bertz CT molecular complexity index is 811. The number of hydrogen-bond donors (Lipinski definition) is 3. The van der Waals surface area contributed by atoms with Crippen molar-refractivity contribution in [3.8, 4) is 0 Å². The lowest BCUT2D eigenvalue weighted by Crippen LogP contribution is -2.69. The largest absolute Gasteiger partial charge is 0.391 e. The zero-order chi connectivity index (χ0) is 20.7. The maximum absolute atomic E-state index is 15.2. The Morgan fingerprint density at radius 2 is 2.04 bits per heavy atom. The third kappa shape index (κ3) is 2.12. The van der Waals surface area contributed by atoms with Crippen LogP contribution in [0.15, 0.2) is 23.8 Å². The molecule has 0 bridgehead atoms. The minimum atomic E-state index is -1.77. The highest BCUT2D eigenvalue weighted by Crippen LogP contribution is 2.70. The molecule has 4 aliphatic carbocycles. The molecule has 3 saturated carbocycles. The van der Waals surface area contributed by atoms with Crippen LogP contribution in [0.25, 0.3) is 0 Å². The molecule has 28 heavy (non-hydrogen) atoms. The van der Waals surface area contributed by atoms with E-state index in [0.29, 0.717) is 6.42 Å². The van der Waals surface area contributed by atoms with Gasteiger partial charge in [-0.3, -0.25) is 9.59 Å². The SMILES string of the molecule is C[C@]12C=CC(=O)C=C1[C@@H](F)C[C@H]1[C@@H]3CC[C@](O)(C(=O)CO)[C@@]3(C)CC(O)[C@@]12Cl. The van der Waals surface area contributed by atoms with Crippen molar-refractivity contribution >= 4 is 23.2 Å². The second-order valence-corrected chi connectivity index (χ2v) is 9.97. The van der Waals surface area contributed by atoms with E-state index in [4.69, 9.17) is 11.6 Å². The lowest BCUT2D eigenvalue weighted by molar-refractivity contribution is -0.175. The first kappa shape index (κ1) is 20.2. The first-order chi connectivity index (χ1) is 13.0. The van der Waals surface area contributed by atoms with Gasteiger partial charge in [0.05, 0.1) is 11.0 Å². The molecule has 154 valence electrons. The van der Waals surface area contributed by atoms with Crippen LogP contribution in [-0.4, -0.2) is 56.2 Å². The maximum Gasteiger partial charge on any atom is 0.190 e. The monoisotopic (exact) mass is 412 g/mol. The maximum atomic E-state index is 15.2. The molecule has 0 radical (unpaired) electrons. The van der Waals surface area contributed by atoms with E-state index in [2.05, 4.69) is 0 Å². The van der Waals surface area contributed by atoms with Gasteiger partial charge in [-0.05, 0) is 55.2 Å². The fourth-order valence-electron chi connectivity index (χ4n) is 6.80. The number of Topliss-reactive ketones (excluding diaryl/α,β-unsaturated/α-hetero) is 1. The van der Waals surface area contributed by atoms with Gasteiger partial charge in [-0.1, -0.05) is 19.9 Å². The summed E-state index contributed by atoms with van der Waals surface area (Å²) in [5.41, 5.74) is -3.55. The zero-order valence-corrected chi connectivity index (χ0v) is 16.7. The smallest absolute Gasteiger partial charge is 0.190 e. The molecule has 7 heteroatoms. The van der Waals surface area contributed by atoms with Gasteiger partial charge >= 0.3 is 0 Å². The highest BCUT2D eigenvalue weighted by molar-refractivity contribution is 6.26. The van der Waals surface area contributed by atoms with E-state index in [1.54, 1.807) is 19.9 Å². The molecule has 3 N–H and O–H groups in total. The second-order valence-electron chi connectivity index (χ2n) is 9.34. The van der Waals surface area contributed by atoms with Crippen molar-refractivity contribution in [3.05, 3.63) is 23.8 Å². The number of rotatable bonds is 2. The van der Waals surface area contributed by atoms with Crippen molar-refractivity contribution in [2.24, 2.45) is 22.7 Å². The summed E-state index contributed by atoms with van der Waals surface area (Å²) < 4.78 is 15.2. The van der Waals surface area contributed by atoms with E-state index in [0.717, 1.165) is 0 Å². The number of fused-ring (bicyclic) bond motifs is 5. The Morgan fingerprint density at radius 3 is 2.68 bits per heavy atom. The van der Waals surface area contributed by atoms with Crippen LogP contribution in [0.4, 0.5) is 4.39 Å². The summed E-state index contributed by atoms with van der Waals surface area (Å²) in [6.45, 7) is 2.70. The Kier molecular flexibility index (Phi) is 4.31. The summed E-state index contributed by atoms with van der Waals surface area (Å²) in [6, 6.07) is 0. The lowest BCUT2D eigenvalue weighted by atomic mass is 9.45. The van der Waals surface area contributed by atoms with Crippen LogP contribution in [0.3, 0.4) is 0 Å². The highest BCUT2D eigenvalue weighted by atomic mass is 35.5. The highest BCUT2D eigenvalue weighted by Gasteiger charge is 2.73. The predicted molar refractivity (Wildman–Crippen MR) is 100 cm³/mol. The van der Waals surface area contributed by atoms with Gasteiger partial charge in [0.1, 0.15) is 18.4 Å². The van der Waals surface area contributed by atoms with Crippen LogP contribution in [0.1, 0.15) is 39.5 Å². The normalized spacial score (nSPS) is 52.5. The number of halogens is 2. The van der Waals surface area contributed by atoms with Crippen molar-refractivity contribution in [2.75, 3.05) is 6.61 Å². The van der Waals surface area contributed by atoms with Crippen LogP contribution in [0.5, 0.6) is 0 Å². The number of carbonyl (C=O) groups excluding carboxylic acids is 2. The van der Waals surface area contributed by atoms with Crippen molar-refractivity contribution in [2.45, 2.75) is 62.3 Å². The molecule has 0 aliphatic heterocycles. The van der Waals surface area contributed by atoms with E-state index in [9.17, 15) is 24.9 Å². The standard InChI is InChI=1S/C21H26ClFO5/c1-18-5-3-11(25)7-14(18)15(23)8-13-12-4-6-20(28,17(27)10-24)19(12,2)9-16(26)21(13,18)22/h3,5,7,12-13,15-16,24,26,28H,4,6,8-10H2,1-2H3/t12-,13-,15-,16?,18-,19-,20-,21-/m0/s1. The fourth-order valence-corrected chi connectivity index (χ4v) is 7.29. The molecule has 5 nitrogen and oxygen atoms in total. The Balaban J connectivity index is 1.84. The third-order valence-electron chi connectivity index (χ3n) is 8.39. The fraction of sp³-hybridized carbons (Fsp3) is 0.714. The molecule has 4 aliphatic rings. The topological polar surface area (TPSA) is 94.8 Å². The average molecular weight is 413 g/mol. The molecule has 0 amide bonds.